The van der Waals surface area contributed by atoms with Crippen molar-refractivity contribution < 1.29 is 18.0 Å². The fourth-order valence-electron chi connectivity index (χ4n) is 1.96. The molecule has 0 atom stereocenters. The van der Waals surface area contributed by atoms with Gasteiger partial charge in [-0.3, -0.25) is 9.59 Å². The average Bonchev–Trinajstić information content (AvgIpc) is 2.49. The molecule has 0 unspecified atom stereocenters. The summed E-state index contributed by atoms with van der Waals surface area (Å²) >= 11 is 5.79. The summed E-state index contributed by atoms with van der Waals surface area (Å²) in [6.45, 7) is 1.11. The third-order valence-corrected chi connectivity index (χ3v) is 4.71. The second-order valence-corrected chi connectivity index (χ2v) is 7.16. The van der Waals surface area contributed by atoms with Gasteiger partial charge in [-0.25, -0.2) is 13.1 Å². The molecular weight excluding hydrogens is 352 g/mol. The van der Waals surface area contributed by atoms with Gasteiger partial charge in [-0.15, -0.1) is 0 Å². The van der Waals surface area contributed by atoms with Gasteiger partial charge in [-0.1, -0.05) is 23.7 Å². The normalized spacial score (nSPS) is 10.9. The highest BCUT2D eigenvalue weighted by Gasteiger charge is 2.15. The van der Waals surface area contributed by atoms with Crippen LogP contribution in [-0.4, -0.2) is 20.2 Å². The SMILES string of the molecule is CC(=O)NS(=O)(=O)c1ccc(NC(=O)Cc2ccc(Cl)cc2)cc1. The molecule has 2 N–H and O–H groups in total. The van der Waals surface area contributed by atoms with Gasteiger partial charge in [0.25, 0.3) is 10.0 Å². The number of anilines is 1. The molecule has 0 bridgehead atoms. The van der Waals surface area contributed by atoms with E-state index in [0.717, 1.165) is 12.5 Å². The molecule has 2 rings (SSSR count). The molecule has 0 aromatic heterocycles. The number of carbonyl (C=O) groups is 2. The van der Waals surface area contributed by atoms with Gasteiger partial charge in [-0.05, 0) is 42.0 Å². The third kappa shape index (κ3) is 5.07. The zero-order chi connectivity index (χ0) is 17.7. The Hall–Kier alpha value is -2.38. The predicted octanol–water partition coefficient (Wildman–Crippen LogP) is 2.35. The molecule has 0 aliphatic carbocycles. The number of sulfonamides is 1. The summed E-state index contributed by atoms with van der Waals surface area (Å²) in [5, 5.41) is 3.26. The summed E-state index contributed by atoms with van der Waals surface area (Å²) < 4.78 is 25.5. The first-order chi connectivity index (χ1) is 11.3. The van der Waals surface area contributed by atoms with Crippen molar-refractivity contribution in [2.45, 2.75) is 18.2 Å². The number of halogens is 1. The first-order valence-electron chi connectivity index (χ1n) is 6.94. The minimum atomic E-state index is -3.88. The Balaban J connectivity index is 2.02. The molecule has 24 heavy (non-hydrogen) atoms. The number of nitrogens with one attached hydrogen (secondary N) is 2. The van der Waals surface area contributed by atoms with Crippen LogP contribution >= 0.6 is 11.6 Å². The topological polar surface area (TPSA) is 92.3 Å². The second kappa shape index (κ2) is 7.46. The lowest BCUT2D eigenvalue weighted by atomic mass is 10.1. The smallest absolute Gasteiger partial charge is 0.264 e. The number of hydrogen-bond donors (Lipinski definition) is 2. The molecule has 2 aromatic rings. The fraction of sp³-hybridized carbons (Fsp3) is 0.125. The molecular formula is C16H15ClN2O4S. The van der Waals surface area contributed by atoms with Crippen molar-refractivity contribution in [2.75, 3.05) is 5.32 Å². The standard InChI is InChI=1S/C16H15ClN2O4S/c1-11(20)19-24(22,23)15-8-6-14(7-9-15)18-16(21)10-12-2-4-13(17)5-3-12/h2-9H,10H2,1H3,(H,18,21)(H,19,20). The molecule has 0 fully saturated rings. The number of benzene rings is 2. The predicted molar refractivity (Wildman–Crippen MR) is 91.2 cm³/mol. The molecule has 0 radical (unpaired) electrons. The highest BCUT2D eigenvalue weighted by atomic mass is 35.5. The van der Waals surface area contributed by atoms with E-state index in [9.17, 15) is 18.0 Å². The summed E-state index contributed by atoms with van der Waals surface area (Å²) in [7, 11) is -3.88. The molecule has 6 nitrogen and oxygen atoms in total. The summed E-state index contributed by atoms with van der Waals surface area (Å²) in [6, 6.07) is 12.4. The maximum absolute atomic E-state index is 12.0. The Labute approximate surface area is 144 Å². The minimum absolute atomic E-state index is 0.0617. The van der Waals surface area contributed by atoms with Crippen LogP contribution in [0.4, 0.5) is 5.69 Å². The summed E-state index contributed by atoms with van der Waals surface area (Å²) in [6.07, 6.45) is 0.170. The van der Waals surface area contributed by atoms with Crippen molar-refractivity contribution in [3.63, 3.8) is 0 Å². The highest BCUT2D eigenvalue weighted by Crippen LogP contribution is 2.15. The summed E-state index contributed by atoms with van der Waals surface area (Å²) in [5.74, 6) is -0.912. The molecule has 2 aromatic carbocycles. The summed E-state index contributed by atoms with van der Waals surface area (Å²) in [5.41, 5.74) is 1.26. The van der Waals surface area contributed by atoms with E-state index in [1.54, 1.807) is 24.3 Å². The van der Waals surface area contributed by atoms with Crippen LogP contribution in [0.5, 0.6) is 0 Å². The van der Waals surface area contributed by atoms with Gasteiger partial charge in [0, 0.05) is 17.6 Å². The first kappa shape index (κ1) is 18.0. The van der Waals surface area contributed by atoms with E-state index < -0.39 is 15.9 Å². The van der Waals surface area contributed by atoms with Crippen LogP contribution in [0.2, 0.25) is 5.02 Å². The van der Waals surface area contributed by atoms with E-state index in [0.29, 0.717) is 10.7 Å². The Bertz CT molecular complexity index is 847. The van der Waals surface area contributed by atoms with Crippen LogP contribution in [0, 0.1) is 0 Å². The van der Waals surface area contributed by atoms with E-state index in [2.05, 4.69) is 5.32 Å². The van der Waals surface area contributed by atoms with Crippen LogP contribution in [0.1, 0.15) is 12.5 Å². The van der Waals surface area contributed by atoms with Gasteiger partial charge in [0.15, 0.2) is 0 Å². The number of carbonyl (C=O) groups excluding carboxylic acids is 2. The quantitative estimate of drug-likeness (QED) is 0.849. The Morgan fingerprint density at radius 3 is 2.12 bits per heavy atom. The number of rotatable bonds is 5. The molecule has 0 saturated heterocycles. The maximum atomic E-state index is 12.0. The van der Waals surface area contributed by atoms with Gasteiger partial charge in [0.1, 0.15) is 0 Å². The van der Waals surface area contributed by atoms with Gasteiger partial charge in [-0.2, -0.15) is 0 Å². The van der Waals surface area contributed by atoms with Crippen LogP contribution in [0.3, 0.4) is 0 Å². The van der Waals surface area contributed by atoms with Crippen LogP contribution < -0.4 is 10.0 Å². The van der Waals surface area contributed by atoms with Crippen molar-refractivity contribution in [2.24, 2.45) is 0 Å². The molecule has 0 aliphatic rings. The lowest BCUT2D eigenvalue weighted by Gasteiger charge is -2.08. The Morgan fingerprint density at radius 1 is 1.00 bits per heavy atom. The van der Waals surface area contributed by atoms with E-state index in [1.807, 2.05) is 4.72 Å². The zero-order valence-corrected chi connectivity index (χ0v) is 14.3. The molecule has 126 valence electrons. The fourth-order valence-corrected chi connectivity index (χ4v) is 3.08. The van der Waals surface area contributed by atoms with Crippen LogP contribution in [-0.2, 0) is 26.0 Å². The average molecular weight is 367 g/mol. The minimum Gasteiger partial charge on any atom is -0.326 e. The Morgan fingerprint density at radius 2 is 1.58 bits per heavy atom. The van der Waals surface area contributed by atoms with Gasteiger partial charge in [0.2, 0.25) is 11.8 Å². The second-order valence-electron chi connectivity index (χ2n) is 5.04. The van der Waals surface area contributed by atoms with Crippen molar-refractivity contribution in [3.05, 3.63) is 59.1 Å². The third-order valence-electron chi connectivity index (χ3n) is 3.00. The molecule has 0 aliphatic heterocycles. The Kier molecular flexibility index (Phi) is 5.58. The monoisotopic (exact) mass is 366 g/mol. The van der Waals surface area contributed by atoms with Crippen molar-refractivity contribution >= 4 is 39.1 Å². The van der Waals surface area contributed by atoms with Crippen LogP contribution in [0.25, 0.3) is 0 Å². The molecule has 8 heteroatoms. The number of hydrogen-bond acceptors (Lipinski definition) is 4. The van der Waals surface area contributed by atoms with E-state index in [-0.39, 0.29) is 17.2 Å². The van der Waals surface area contributed by atoms with Gasteiger partial charge < -0.3 is 5.32 Å². The number of amides is 2. The van der Waals surface area contributed by atoms with E-state index in [1.165, 1.54) is 24.3 Å². The maximum Gasteiger partial charge on any atom is 0.264 e. The molecule has 0 spiro atoms. The molecule has 0 saturated carbocycles. The largest absolute Gasteiger partial charge is 0.326 e. The van der Waals surface area contributed by atoms with Crippen molar-refractivity contribution in [1.29, 1.82) is 0 Å². The van der Waals surface area contributed by atoms with Crippen LogP contribution in [0.15, 0.2) is 53.4 Å². The molecule has 2 amide bonds. The van der Waals surface area contributed by atoms with Crippen molar-refractivity contribution in [1.82, 2.24) is 4.72 Å². The highest BCUT2D eigenvalue weighted by molar-refractivity contribution is 7.90. The van der Waals surface area contributed by atoms with Crippen molar-refractivity contribution in [3.8, 4) is 0 Å². The first-order valence-corrected chi connectivity index (χ1v) is 8.80. The van der Waals surface area contributed by atoms with E-state index in [4.69, 9.17) is 11.6 Å². The lowest BCUT2D eigenvalue weighted by Crippen LogP contribution is -2.28. The lowest BCUT2D eigenvalue weighted by molar-refractivity contribution is -0.117. The zero-order valence-electron chi connectivity index (χ0n) is 12.7. The van der Waals surface area contributed by atoms with Gasteiger partial charge >= 0.3 is 0 Å². The molecule has 0 heterocycles. The van der Waals surface area contributed by atoms with Gasteiger partial charge in [0.05, 0.1) is 11.3 Å². The van der Waals surface area contributed by atoms with E-state index >= 15 is 0 Å². The summed E-state index contributed by atoms with van der Waals surface area (Å²) in [4.78, 5) is 22.8.